The van der Waals surface area contributed by atoms with Gasteiger partial charge in [0.05, 0.1) is 29.7 Å². The van der Waals surface area contributed by atoms with Gasteiger partial charge in [-0.1, -0.05) is 0 Å². The van der Waals surface area contributed by atoms with E-state index in [1.165, 1.54) is 34.0 Å². The molecule has 0 saturated carbocycles. The molecule has 0 saturated heterocycles. The summed E-state index contributed by atoms with van der Waals surface area (Å²) < 4.78 is 20.9. The van der Waals surface area contributed by atoms with Gasteiger partial charge in [-0.2, -0.15) is 10.4 Å². The molecule has 2 N–H and O–H groups in total. The number of hydrogen-bond donors (Lipinski definition) is 1. The van der Waals surface area contributed by atoms with Gasteiger partial charge in [0.25, 0.3) is 11.8 Å². The number of benzene rings is 1. The lowest BCUT2D eigenvalue weighted by Gasteiger charge is -2.20. The predicted octanol–water partition coefficient (Wildman–Crippen LogP) is 1.63. The number of aryl methyl sites for hydroxylation is 1. The smallest absolute Gasteiger partial charge is 0.258 e. The zero-order valence-electron chi connectivity index (χ0n) is 15.7. The highest BCUT2D eigenvalue weighted by Crippen LogP contribution is 2.30. The standard InChI is InChI=1S/C19H16FN7O2/c1-26-8-14-16(15(6-21)27(2)25-14)13-7-23-17(22)18(24-13)29-9-10-5-11(20)3-4-12(10)19(26)28/h3-5,7H,8-9H2,1-2H3,(H2,22,23). The van der Waals surface area contributed by atoms with Gasteiger partial charge in [0.1, 0.15) is 24.2 Å². The molecule has 1 aliphatic heterocycles. The highest BCUT2D eigenvalue weighted by molar-refractivity contribution is 5.95. The Morgan fingerprint density at radius 1 is 1.34 bits per heavy atom. The summed E-state index contributed by atoms with van der Waals surface area (Å²) >= 11 is 0. The zero-order valence-corrected chi connectivity index (χ0v) is 15.7. The minimum Gasteiger partial charge on any atom is -0.470 e. The van der Waals surface area contributed by atoms with Crippen molar-refractivity contribution in [2.24, 2.45) is 7.05 Å². The van der Waals surface area contributed by atoms with E-state index in [-0.39, 0.29) is 42.0 Å². The fourth-order valence-electron chi connectivity index (χ4n) is 3.23. The molecule has 146 valence electrons. The molecule has 0 atom stereocenters. The van der Waals surface area contributed by atoms with Crippen LogP contribution in [0.15, 0.2) is 24.4 Å². The Bertz CT molecular complexity index is 1180. The molecule has 1 aliphatic rings. The quantitative estimate of drug-likeness (QED) is 0.616. The predicted molar refractivity (Wildman–Crippen MR) is 99.9 cm³/mol. The number of carbonyl (C=O) groups is 1. The lowest BCUT2D eigenvalue weighted by atomic mass is 10.1. The van der Waals surface area contributed by atoms with Crippen molar-refractivity contribution in [3.63, 3.8) is 0 Å². The minimum atomic E-state index is -0.492. The van der Waals surface area contributed by atoms with Crippen LogP contribution in [0.4, 0.5) is 10.2 Å². The number of nitrogen functional groups attached to an aromatic ring is 1. The number of amides is 1. The van der Waals surface area contributed by atoms with Crippen LogP contribution in [0.3, 0.4) is 0 Å². The SMILES string of the molecule is CN1Cc2nn(C)c(C#N)c2-c2cnc(N)c(n2)OCc2cc(F)ccc2C1=O. The van der Waals surface area contributed by atoms with E-state index < -0.39 is 5.82 Å². The number of carbonyl (C=O) groups excluding carboxylic acids is 1. The first-order valence-electron chi connectivity index (χ1n) is 8.64. The summed E-state index contributed by atoms with van der Waals surface area (Å²) in [5.41, 5.74) is 8.05. The van der Waals surface area contributed by atoms with Crippen LogP contribution < -0.4 is 10.5 Å². The van der Waals surface area contributed by atoms with Crippen molar-refractivity contribution < 1.29 is 13.9 Å². The molecule has 0 unspecified atom stereocenters. The third-order valence-electron chi connectivity index (χ3n) is 4.64. The fraction of sp³-hybridized carbons (Fsp3) is 0.211. The Morgan fingerprint density at radius 2 is 2.14 bits per heavy atom. The van der Waals surface area contributed by atoms with Gasteiger partial charge >= 0.3 is 0 Å². The van der Waals surface area contributed by atoms with E-state index in [1.54, 1.807) is 14.1 Å². The fourth-order valence-corrected chi connectivity index (χ4v) is 3.23. The average molecular weight is 393 g/mol. The number of aromatic nitrogens is 4. The van der Waals surface area contributed by atoms with Gasteiger partial charge < -0.3 is 15.4 Å². The van der Waals surface area contributed by atoms with Crippen molar-refractivity contribution in [1.29, 1.82) is 5.26 Å². The molecule has 0 aliphatic carbocycles. The van der Waals surface area contributed by atoms with E-state index in [2.05, 4.69) is 21.1 Å². The largest absolute Gasteiger partial charge is 0.470 e. The number of ether oxygens (including phenoxy) is 1. The molecule has 0 fully saturated rings. The molecule has 29 heavy (non-hydrogen) atoms. The number of nitrogens with two attached hydrogens (primary N) is 1. The Kier molecular flexibility index (Phi) is 4.35. The second kappa shape index (κ2) is 6.87. The van der Waals surface area contributed by atoms with Crippen LogP contribution in [0.1, 0.15) is 27.3 Å². The number of nitrogens with zero attached hydrogens (tertiary/aromatic N) is 6. The van der Waals surface area contributed by atoms with Crippen LogP contribution in [0.25, 0.3) is 11.3 Å². The van der Waals surface area contributed by atoms with Gasteiger partial charge in [0, 0.05) is 25.2 Å². The number of anilines is 1. The van der Waals surface area contributed by atoms with Crippen molar-refractivity contribution in [1.82, 2.24) is 24.6 Å². The van der Waals surface area contributed by atoms with E-state index in [0.29, 0.717) is 22.5 Å². The van der Waals surface area contributed by atoms with E-state index in [1.807, 2.05) is 0 Å². The van der Waals surface area contributed by atoms with Crippen LogP contribution in [0.2, 0.25) is 0 Å². The zero-order chi connectivity index (χ0) is 20.7. The summed E-state index contributed by atoms with van der Waals surface area (Å²) in [6, 6.07) is 5.96. The second-order valence-corrected chi connectivity index (χ2v) is 6.60. The van der Waals surface area contributed by atoms with Crippen molar-refractivity contribution in [3.8, 4) is 23.2 Å². The lowest BCUT2D eigenvalue weighted by Crippen LogP contribution is -2.28. The maximum absolute atomic E-state index is 13.8. The lowest BCUT2D eigenvalue weighted by molar-refractivity contribution is 0.0780. The summed E-state index contributed by atoms with van der Waals surface area (Å²) in [6.45, 7) is -0.0112. The van der Waals surface area contributed by atoms with Crippen molar-refractivity contribution >= 4 is 11.7 Å². The Labute approximate surface area is 165 Å². The Hall–Kier alpha value is -4.00. The molecule has 0 radical (unpaired) electrons. The molecule has 2 bridgehead atoms. The van der Waals surface area contributed by atoms with Gasteiger partial charge in [0.15, 0.2) is 5.82 Å². The van der Waals surface area contributed by atoms with E-state index in [4.69, 9.17) is 10.5 Å². The van der Waals surface area contributed by atoms with Crippen LogP contribution in [-0.4, -0.2) is 37.6 Å². The second-order valence-electron chi connectivity index (χ2n) is 6.60. The van der Waals surface area contributed by atoms with E-state index in [0.717, 1.165) is 0 Å². The monoisotopic (exact) mass is 393 g/mol. The molecule has 10 heteroatoms. The van der Waals surface area contributed by atoms with E-state index in [9.17, 15) is 14.4 Å². The Morgan fingerprint density at radius 3 is 2.90 bits per heavy atom. The maximum atomic E-state index is 13.8. The number of nitriles is 1. The van der Waals surface area contributed by atoms with Gasteiger partial charge in [-0.15, -0.1) is 0 Å². The summed E-state index contributed by atoms with van der Waals surface area (Å²) in [5.74, 6) is -0.760. The summed E-state index contributed by atoms with van der Waals surface area (Å²) in [4.78, 5) is 22.9. The van der Waals surface area contributed by atoms with Gasteiger partial charge in [-0.05, 0) is 18.2 Å². The van der Waals surface area contributed by atoms with Crippen LogP contribution in [0.5, 0.6) is 5.88 Å². The first-order chi connectivity index (χ1) is 13.9. The molecule has 3 aromatic rings. The van der Waals surface area contributed by atoms with Crippen LogP contribution in [0, 0.1) is 17.1 Å². The normalized spacial score (nSPS) is 13.4. The first kappa shape index (κ1) is 18.4. The number of fused-ring (bicyclic) bond motifs is 5. The topological polar surface area (TPSA) is 123 Å². The molecule has 0 spiro atoms. The third-order valence-corrected chi connectivity index (χ3v) is 4.64. The summed E-state index contributed by atoms with van der Waals surface area (Å²) in [5, 5.41) is 14.0. The molecule has 9 nitrogen and oxygen atoms in total. The molecule has 2 aromatic heterocycles. The van der Waals surface area contributed by atoms with Crippen LogP contribution in [-0.2, 0) is 20.2 Å². The average Bonchev–Trinajstić information content (AvgIpc) is 3.01. The van der Waals surface area contributed by atoms with Gasteiger partial charge in [-0.25, -0.2) is 14.4 Å². The Balaban J connectivity index is 1.94. The highest BCUT2D eigenvalue weighted by Gasteiger charge is 2.25. The molecular weight excluding hydrogens is 377 g/mol. The maximum Gasteiger partial charge on any atom is 0.258 e. The van der Waals surface area contributed by atoms with Gasteiger partial charge in [0.2, 0.25) is 0 Å². The molecule has 4 rings (SSSR count). The van der Waals surface area contributed by atoms with Crippen molar-refractivity contribution in [2.75, 3.05) is 12.8 Å². The van der Waals surface area contributed by atoms with Crippen molar-refractivity contribution in [2.45, 2.75) is 13.2 Å². The van der Waals surface area contributed by atoms with Crippen molar-refractivity contribution in [3.05, 3.63) is 52.7 Å². The molecular formula is C19H16FN7O2. The molecule has 1 aromatic carbocycles. The molecule has 3 heterocycles. The highest BCUT2D eigenvalue weighted by atomic mass is 19.1. The third kappa shape index (κ3) is 3.12. The number of hydrogen-bond acceptors (Lipinski definition) is 7. The number of rotatable bonds is 0. The first-order valence-corrected chi connectivity index (χ1v) is 8.64. The van der Waals surface area contributed by atoms with Gasteiger partial charge in [-0.3, -0.25) is 9.48 Å². The van der Waals surface area contributed by atoms with E-state index >= 15 is 0 Å². The van der Waals surface area contributed by atoms with Crippen LogP contribution >= 0.6 is 0 Å². The minimum absolute atomic E-state index is 0.0257. The molecule has 1 amide bonds. The number of halogens is 1. The summed E-state index contributed by atoms with van der Waals surface area (Å²) in [7, 11) is 3.23. The summed E-state index contributed by atoms with van der Waals surface area (Å²) in [6.07, 6.45) is 1.42.